The molecule has 0 saturated heterocycles. The fourth-order valence-electron chi connectivity index (χ4n) is 3.85. The maximum Gasteiger partial charge on any atom is 0.252 e. The molecule has 6 nitrogen and oxygen atoms in total. The van der Waals surface area contributed by atoms with Gasteiger partial charge in [-0.2, -0.15) is 5.10 Å². The molecular weight excluding hydrogens is 409 g/mol. The van der Waals surface area contributed by atoms with Crippen molar-refractivity contribution in [1.82, 2.24) is 15.1 Å². The standard InChI is InChI=1S/C22H29ClFN3O3/c1-15-10-20(26-27(15)13-17(28)12-24)16-6-7-19(23)18(11-16)21(29)25-14-22(30)8-4-2-3-5-9-22/h6-7,10-11,17,28,30H,2-5,8-9,12-14H2,1H3,(H,25,29). The minimum atomic E-state index is -1.11. The molecule has 1 fully saturated rings. The summed E-state index contributed by atoms with van der Waals surface area (Å²) in [5, 5.41) is 27.9. The predicted molar refractivity (Wildman–Crippen MR) is 114 cm³/mol. The Hall–Kier alpha value is -1.96. The zero-order valence-corrected chi connectivity index (χ0v) is 18.0. The van der Waals surface area contributed by atoms with E-state index in [1.807, 2.05) is 13.0 Å². The number of halogens is 2. The first-order valence-corrected chi connectivity index (χ1v) is 10.8. The third-order valence-electron chi connectivity index (χ3n) is 5.66. The Kier molecular flexibility index (Phi) is 7.50. The van der Waals surface area contributed by atoms with Gasteiger partial charge in [0.05, 0.1) is 28.4 Å². The van der Waals surface area contributed by atoms with Gasteiger partial charge in [0.1, 0.15) is 12.8 Å². The number of aliphatic hydroxyl groups excluding tert-OH is 1. The van der Waals surface area contributed by atoms with Gasteiger partial charge < -0.3 is 15.5 Å². The topological polar surface area (TPSA) is 87.4 Å². The van der Waals surface area contributed by atoms with Crippen molar-refractivity contribution >= 4 is 17.5 Å². The quantitative estimate of drug-likeness (QED) is 0.577. The van der Waals surface area contributed by atoms with E-state index in [0.29, 0.717) is 34.7 Å². The van der Waals surface area contributed by atoms with Gasteiger partial charge in [-0.15, -0.1) is 0 Å². The number of amides is 1. The van der Waals surface area contributed by atoms with Crippen LogP contribution in [0.2, 0.25) is 5.02 Å². The number of carbonyl (C=O) groups is 1. The average molecular weight is 438 g/mol. The molecule has 1 unspecified atom stereocenters. The van der Waals surface area contributed by atoms with Crippen LogP contribution in [0.5, 0.6) is 0 Å². The van der Waals surface area contributed by atoms with Crippen molar-refractivity contribution in [3.05, 3.63) is 40.5 Å². The Labute approximate surface area is 181 Å². The first-order chi connectivity index (χ1) is 14.3. The molecule has 0 aliphatic heterocycles. The van der Waals surface area contributed by atoms with Crippen molar-refractivity contribution in [2.24, 2.45) is 0 Å². The molecule has 1 aromatic heterocycles. The van der Waals surface area contributed by atoms with E-state index in [2.05, 4.69) is 10.4 Å². The number of aromatic nitrogens is 2. The number of alkyl halides is 1. The molecule has 0 spiro atoms. The Morgan fingerprint density at radius 1 is 1.30 bits per heavy atom. The van der Waals surface area contributed by atoms with Crippen molar-refractivity contribution in [1.29, 1.82) is 0 Å². The molecule has 1 aliphatic rings. The molecular formula is C22H29ClFN3O3. The number of nitrogens with one attached hydrogen (secondary N) is 1. The Bertz CT molecular complexity index is 879. The molecule has 0 radical (unpaired) electrons. The molecule has 3 N–H and O–H groups in total. The highest BCUT2D eigenvalue weighted by atomic mass is 35.5. The van der Waals surface area contributed by atoms with E-state index in [4.69, 9.17) is 11.6 Å². The average Bonchev–Trinajstić information content (AvgIpc) is 2.94. The van der Waals surface area contributed by atoms with Crippen molar-refractivity contribution < 1.29 is 19.4 Å². The van der Waals surface area contributed by atoms with Crippen LogP contribution >= 0.6 is 11.6 Å². The number of benzene rings is 1. The number of rotatable bonds is 7. The predicted octanol–water partition coefficient (Wildman–Crippen LogP) is 3.66. The van der Waals surface area contributed by atoms with E-state index in [-0.39, 0.29) is 19.0 Å². The highest BCUT2D eigenvalue weighted by molar-refractivity contribution is 6.34. The fraction of sp³-hybridized carbons (Fsp3) is 0.545. The van der Waals surface area contributed by atoms with Crippen LogP contribution in [0.1, 0.15) is 54.6 Å². The van der Waals surface area contributed by atoms with E-state index in [9.17, 15) is 19.4 Å². The lowest BCUT2D eigenvalue weighted by atomic mass is 9.94. The minimum Gasteiger partial charge on any atom is -0.388 e. The van der Waals surface area contributed by atoms with Gasteiger partial charge >= 0.3 is 0 Å². The monoisotopic (exact) mass is 437 g/mol. The van der Waals surface area contributed by atoms with Crippen molar-refractivity contribution in [2.75, 3.05) is 13.2 Å². The summed E-state index contributed by atoms with van der Waals surface area (Å²) in [6.45, 7) is 1.23. The lowest BCUT2D eigenvalue weighted by Gasteiger charge is -2.26. The maximum atomic E-state index is 12.8. The first-order valence-electron chi connectivity index (χ1n) is 10.4. The van der Waals surface area contributed by atoms with Crippen LogP contribution in [0.15, 0.2) is 24.3 Å². The number of hydrogen-bond acceptors (Lipinski definition) is 4. The second-order valence-corrected chi connectivity index (χ2v) is 8.58. The SMILES string of the molecule is Cc1cc(-c2ccc(Cl)c(C(=O)NCC3(O)CCCCCC3)c2)nn1CC(O)CF. The van der Waals surface area contributed by atoms with E-state index in [1.165, 1.54) is 4.68 Å². The number of carbonyl (C=O) groups excluding carboxylic acids is 1. The fourth-order valence-corrected chi connectivity index (χ4v) is 4.05. The second kappa shape index (κ2) is 9.90. The molecule has 1 heterocycles. The zero-order valence-electron chi connectivity index (χ0n) is 17.2. The smallest absolute Gasteiger partial charge is 0.252 e. The lowest BCUT2D eigenvalue weighted by molar-refractivity contribution is 0.0246. The highest BCUT2D eigenvalue weighted by Crippen LogP contribution is 2.28. The van der Waals surface area contributed by atoms with Gasteiger partial charge in [0.15, 0.2) is 0 Å². The van der Waals surface area contributed by atoms with E-state index in [0.717, 1.165) is 31.4 Å². The van der Waals surface area contributed by atoms with Gasteiger partial charge in [0.25, 0.3) is 5.91 Å². The van der Waals surface area contributed by atoms with Crippen LogP contribution < -0.4 is 5.32 Å². The molecule has 1 amide bonds. The summed E-state index contributed by atoms with van der Waals surface area (Å²) in [7, 11) is 0. The third kappa shape index (κ3) is 5.59. The summed E-state index contributed by atoms with van der Waals surface area (Å²) < 4.78 is 14.1. The molecule has 3 rings (SSSR count). The molecule has 0 bridgehead atoms. The summed E-state index contributed by atoms with van der Waals surface area (Å²) in [6.07, 6.45) is 4.39. The van der Waals surface area contributed by atoms with Gasteiger partial charge in [-0.05, 0) is 38.0 Å². The Balaban J connectivity index is 1.75. The molecule has 8 heteroatoms. The van der Waals surface area contributed by atoms with Crippen LogP contribution in [-0.2, 0) is 6.54 Å². The van der Waals surface area contributed by atoms with Crippen LogP contribution in [0.4, 0.5) is 4.39 Å². The summed E-state index contributed by atoms with van der Waals surface area (Å²) in [5.41, 5.74) is 1.50. The van der Waals surface area contributed by atoms with Crippen molar-refractivity contribution in [3.8, 4) is 11.3 Å². The van der Waals surface area contributed by atoms with E-state index >= 15 is 0 Å². The van der Waals surface area contributed by atoms with Gasteiger partial charge in [0.2, 0.25) is 0 Å². The van der Waals surface area contributed by atoms with E-state index < -0.39 is 18.4 Å². The van der Waals surface area contributed by atoms with Gasteiger partial charge in [0, 0.05) is 17.8 Å². The molecule has 1 aromatic carbocycles. The molecule has 1 aliphatic carbocycles. The summed E-state index contributed by atoms with van der Waals surface area (Å²) in [6, 6.07) is 6.86. The summed E-state index contributed by atoms with van der Waals surface area (Å²) in [4.78, 5) is 12.8. The maximum absolute atomic E-state index is 12.8. The Morgan fingerprint density at radius 2 is 2.00 bits per heavy atom. The van der Waals surface area contributed by atoms with Crippen molar-refractivity contribution in [3.63, 3.8) is 0 Å². The van der Waals surface area contributed by atoms with Crippen molar-refractivity contribution in [2.45, 2.75) is 63.7 Å². The lowest BCUT2D eigenvalue weighted by Crippen LogP contribution is -2.42. The van der Waals surface area contributed by atoms with Gasteiger partial charge in [-0.3, -0.25) is 9.48 Å². The second-order valence-electron chi connectivity index (χ2n) is 8.18. The molecule has 1 saturated carbocycles. The van der Waals surface area contributed by atoms with E-state index in [1.54, 1.807) is 18.2 Å². The summed E-state index contributed by atoms with van der Waals surface area (Å²) in [5.74, 6) is -0.344. The molecule has 164 valence electrons. The number of aliphatic hydroxyl groups is 2. The third-order valence-corrected chi connectivity index (χ3v) is 5.99. The normalized spacial score (nSPS) is 17.4. The summed E-state index contributed by atoms with van der Waals surface area (Å²) >= 11 is 6.26. The van der Waals surface area contributed by atoms with Gasteiger partial charge in [-0.1, -0.05) is 43.4 Å². The van der Waals surface area contributed by atoms with Crippen LogP contribution in [0.25, 0.3) is 11.3 Å². The molecule has 2 aromatic rings. The molecule has 1 atom stereocenters. The number of nitrogens with zero attached hydrogens (tertiary/aromatic N) is 2. The van der Waals surface area contributed by atoms with Crippen LogP contribution in [0, 0.1) is 6.92 Å². The van der Waals surface area contributed by atoms with Gasteiger partial charge in [-0.25, -0.2) is 4.39 Å². The minimum absolute atomic E-state index is 0.0574. The number of hydrogen-bond donors (Lipinski definition) is 3. The first kappa shape index (κ1) is 22.7. The van der Waals surface area contributed by atoms with Crippen LogP contribution in [-0.4, -0.2) is 50.8 Å². The van der Waals surface area contributed by atoms with Crippen LogP contribution in [0.3, 0.4) is 0 Å². The largest absolute Gasteiger partial charge is 0.388 e. The number of aryl methyl sites for hydroxylation is 1. The Morgan fingerprint density at radius 3 is 2.67 bits per heavy atom. The molecule has 30 heavy (non-hydrogen) atoms. The zero-order chi connectivity index (χ0) is 21.7. The highest BCUT2D eigenvalue weighted by Gasteiger charge is 2.28.